The fourth-order valence-electron chi connectivity index (χ4n) is 4.68. The van der Waals surface area contributed by atoms with Gasteiger partial charge in [0, 0.05) is 48.4 Å². The van der Waals surface area contributed by atoms with Gasteiger partial charge in [0.15, 0.2) is 0 Å². The first kappa shape index (κ1) is 24.1. The number of fused-ring (bicyclic) bond motifs is 1. The lowest BCUT2D eigenvalue weighted by Gasteiger charge is -2.32. The second kappa shape index (κ2) is 10.2. The maximum Gasteiger partial charge on any atom is 0.257 e. The van der Waals surface area contributed by atoms with Crippen LogP contribution in [0.15, 0.2) is 89.7 Å². The molecule has 1 aliphatic rings. The van der Waals surface area contributed by atoms with E-state index in [2.05, 4.69) is 45.5 Å². The van der Waals surface area contributed by atoms with Crippen molar-refractivity contribution in [2.24, 2.45) is 0 Å². The zero-order valence-electron chi connectivity index (χ0n) is 19.9. The summed E-state index contributed by atoms with van der Waals surface area (Å²) < 4.78 is 26.1. The van der Waals surface area contributed by atoms with Gasteiger partial charge in [-0.15, -0.1) is 0 Å². The van der Waals surface area contributed by atoms with Gasteiger partial charge < -0.3 is 4.98 Å². The summed E-state index contributed by atoms with van der Waals surface area (Å²) >= 11 is 0. The number of benzene rings is 2. The van der Waals surface area contributed by atoms with E-state index in [9.17, 15) is 13.2 Å². The number of piperidine rings is 1. The average molecular weight is 501 g/mol. The molecule has 0 saturated carbocycles. The molecule has 2 aromatic heterocycles. The molecule has 0 bridgehead atoms. The monoisotopic (exact) mass is 500 g/mol. The minimum absolute atomic E-state index is 0.0470. The van der Waals surface area contributed by atoms with Crippen LogP contribution in [-0.4, -0.2) is 42.4 Å². The molecule has 2 N–H and O–H groups in total. The molecule has 8 heteroatoms. The molecule has 36 heavy (non-hydrogen) atoms. The molecule has 0 unspecified atom stereocenters. The first-order valence-electron chi connectivity index (χ1n) is 12.0. The molecular formula is C28H28N4O3S. The van der Waals surface area contributed by atoms with Gasteiger partial charge in [-0.1, -0.05) is 61.2 Å². The SMILES string of the molecule is C=CS(=O)(=O)NC1CCN(Cc2ccc(-c3nc4cc[nH]c(=O)c4cc3-c3ccccc3)cc2)CC1. The summed E-state index contributed by atoms with van der Waals surface area (Å²) in [6.45, 7) is 5.81. The summed E-state index contributed by atoms with van der Waals surface area (Å²) in [7, 11) is -3.40. The molecule has 7 nitrogen and oxygen atoms in total. The van der Waals surface area contributed by atoms with Crippen molar-refractivity contribution in [3.05, 3.63) is 101 Å². The van der Waals surface area contributed by atoms with E-state index in [-0.39, 0.29) is 11.6 Å². The number of pyridine rings is 2. The Bertz CT molecular complexity index is 1540. The van der Waals surface area contributed by atoms with Crippen LogP contribution in [-0.2, 0) is 16.6 Å². The summed E-state index contributed by atoms with van der Waals surface area (Å²) in [5, 5.41) is 1.53. The van der Waals surface area contributed by atoms with Gasteiger partial charge in [-0.3, -0.25) is 9.69 Å². The Hall–Kier alpha value is -3.59. The summed E-state index contributed by atoms with van der Waals surface area (Å²) in [5.41, 5.74) is 5.43. The van der Waals surface area contributed by atoms with Gasteiger partial charge in [0.25, 0.3) is 5.56 Å². The minimum atomic E-state index is -3.40. The molecule has 0 atom stereocenters. The molecule has 0 radical (unpaired) electrons. The minimum Gasteiger partial charge on any atom is -0.328 e. The van der Waals surface area contributed by atoms with Crippen molar-refractivity contribution in [2.45, 2.75) is 25.4 Å². The van der Waals surface area contributed by atoms with Crippen molar-refractivity contribution in [1.82, 2.24) is 19.6 Å². The number of nitrogens with zero attached hydrogens (tertiary/aromatic N) is 2. The number of sulfonamides is 1. The van der Waals surface area contributed by atoms with Crippen LogP contribution in [0.5, 0.6) is 0 Å². The number of rotatable bonds is 7. The zero-order valence-corrected chi connectivity index (χ0v) is 20.7. The molecule has 3 heterocycles. The fourth-order valence-corrected chi connectivity index (χ4v) is 5.48. The second-order valence-corrected chi connectivity index (χ2v) is 10.7. The van der Waals surface area contributed by atoms with Crippen LogP contribution in [0, 0.1) is 0 Å². The Labute approximate surface area is 210 Å². The molecule has 2 aromatic carbocycles. The summed E-state index contributed by atoms with van der Waals surface area (Å²) in [4.78, 5) is 22.4. The van der Waals surface area contributed by atoms with E-state index >= 15 is 0 Å². The molecule has 4 aromatic rings. The van der Waals surface area contributed by atoms with Crippen LogP contribution in [0.3, 0.4) is 0 Å². The summed E-state index contributed by atoms with van der Waals surface area (Å²) in [6, 6.07) is 22.0. The number of H-pyrrole nitrogens is 1. The van der Waals surface area contributed by atoms with E-state index in [1.165, 1.54) is 5.56 Å². The second-order valence-electron chi connectivity index (χ2n) is 9.07. The number of likely N-dealkylation sites (tertiary alicyclic amines) is 1. The largest absolute Gasteiger partial charge is 0.328 e. The third-order valence-corrected chi connectivity index (χ3v) is 7.71. The normalized spacial score (nSPS) is 15.2. The van der Waals surface area contributed by atoms with Crippen molar-refractivity contribution in [3.63, 3.8) is 0 Å². The third kappa shape index (κ3) is 5.31. The predicted molar refractivity (Wildman–Crippen MR) is 144 cm³/mol. The predicted octanol–water partition coefficient (Wildman–Crippen LogP) is 4.28. The molecule has 1 saturated heterocycles. The summed E-state index contributed by atoms with van der Waals surface area (Å²) in [6.07, 6.45) is 3.16. The van der Waals surface area contributed by atoms with E-state index in [1.807, 2.05) is 42.5 Å². The Balaban J connectivity index is 1.37. The highest BCUT2D eigenvalue weighted by molar-refractivity contribution is 7.92. The van der Waals surface area contributed by atoms with E-state index in [4.69, 9.17) is 4.98 Å². The molecule has 184 valence electrons. The molecule has 0 amide bonds. The van der Waals surface area contributed by atoms with Crippen LogP contribution in [0.4, 0.5) is 0 Å². The van der Waals surface area contributed by atoms with Gasteiger partial charge >= 0.3 is 0 Å². The van der Waals surface area contributed by atoms with Crippen LogP contribution < -0.4 is 10.3 Å². The van der Waals surface area contributed by atoms with Crippen molar-refractivity contribution in [2.75, 3.05) is 13.1 Å². The number of nitrogens with one attached hydrogen (secondary N) is 2. The topological polar surface area (TPSA) is 95.2 Å². The Morgan fingerprint density at radius 2 is 1.75 bits per heavy atom. The Morgan fingerprint density at radius 3 is 2.44 bits per heavy atom. The maximum absolute atomic E-state index is 12.4. The Kier molecular flexibility index (Phi) is 6.82. The lowest BCUT2D eigenvalue weighted by atomic mass is 9.97. The van der Waals surface area contributed by atoms with Crippen molar-refractivity contribution in [3.8, 4) is 22.4 Å². The van der Waals surface area contributed by atoms with Gasteiger partial charge in [-0.05, 0) is 36.1 Å². The average Bonchev–Trinajstić information content (AvgIpc) is 2.90. The third-order valence-electron chi connectivity index (χ3n) is 6.61. The van der Waals surface area contributed by atoms with Crippen molar-refractivity contribution < 1.29 is 8.42 Å². The van der Waals surface area contributed by atoms with Gasteiger partial charge in [0.1, 0.15) is 0 Å². The first-order valence-corrected chi connectivity index (χ1v) is 13.5. The smallest absolute Gasteiger partial charge is 0.257 e. The number of aromatic amines is 1. The van der Waals surface area contributed by atoms with Crippen molar-refractivity contribution in [1.29, 1.82) is 0 Å². The van der Waals surface area contributed by atoms with E-state index in [0.717, 1.165) is 60.3 Å². The number of hydrogen-bond donors (Lipinski definition) is 2. The van der Waals surface area contributed by atoms with Gasteiger partial charge in [0.05, 0.1) is 16.6 Å². The standard InChI is InChI=1S/C28H28N4O3S/c1-2-36(34,35)31-23-13-16-32(17-14-23)19-20-8-10-22(11-9-20)27-24(21-6-4-3-5-7-21)18-25-26(30-27)12-15-29-28(25)33/h2-12,15,18,23,31H,1,13-14,16-17,19H2,(H,29,33). The molecule has 5 rings (SSSR count). The zero-order chi connectivity index (χ0) is 25.1. The molecule has 1 fully saturated rings. The lowest BCUT2D eigenvalue weighted by molar-refractivity contribution is 0.200. The quantitative estimate of drug-likeness (QED) is 0.395. The highest BCUT2D eigenvalue weighted by Gasteiger charge is 2.22. The van der Waals surface area contributed by atoms with Gasteiger partial charge in [-0.25, -0.2) is 18.1 Å². The highest BCUT2D eigenvalue weighted by Crippen LogP contribution is 2.32. The van der Waals surface area contributed by atoms with E-state index in [0.29, 0.717) is 10.9 Å². The van der Waals surface area contributed by atoms with Crippen molar-refractivity contribution >= 4 is 20.9 Å². The molecule has 0 spiro atoms. The van der Waals surface area contributed by atoms with Crippen LogP contribution >= 0.6 is 0 Å². The van der Waals surface area contributed by atoms with E-state index < -0.39 is 10.0 Å². The lowest BCUT2D eigenvalue weighted by Crippen LogP contribution is -2.43. The van der Waals surface area contributed by atoms with E-state index in [1.54, 1.807) is 6.20 Å². The van der Waals surface area contributed by atoms with Crippen LogP contribution in [0.1, 0.15) is 18.4 Å². The highest BCUT2D eigenvalue weighted by atomic mass is 32.2. The Morgan fingerprint density at radius 1 is 1.03 bits per heavy atom. The summed E-state index contributed by atoms with van der Waals surface area (Å²) in [5.74, 6) is 0. The number of aromatic nitrogens is 2. The van der Waals surface area contributed by atoms with Crippen LogP contribution in [0.2, 0.25) is 0 Å². The first-order chi connectivity index (χ1) is 17.4. The fraction of sp³-hybridized carbons (Fsp3) is 0.214. The van der Waals surface area contributed by atoms with Crippen LogP contribution in [0.25, 0.3) is 33.3 Å². The molecule has 1 aliphatic heterocycles. The number of hydrogen-bond acceptors (Lipinski definition) is 5. The van der Waals surface area contributed by atoms with Gasteiger partial charge in [-0.2, -0.15) is 0 Å². The van der Waals surface area contributed by atoms with Gasteiger partial charge in [0.2, 0.25) is 10.0 Å². The molecule has 0 aliphatic carbocycles. The maximum atomic E-state index is 12.4. The molecular weight excluding hydrogens is 472 g/mol.